The van der Waals surface area contributed by atoms with Crippen molar-refractivity contribution in [3.05, 3.63) is 30.0 Å². The van der Waals surface area contributed by atoms with Gasteiger partial charge in [0.2, 0.25) is 0 Å². The van der Waals surface area contributed by atoms with Crippen molar-refractivity contribution < 1.29 is 14.3 Å². The highest BCUT2D eigenvalue weighted by atomic mass is 16.7. The Kier molecular flexibility index (Phi) is 3.53. The van der Waals surface area contributed by atoms with Crippen molar-refractivity contribution >= 4 is 22.7 Å². The number of anilines is 1. The fourth-order valence-corrected chi connectivity index (χ4v) is 1.87. The van der Waals surface area contributed by atoms with Crippen LogP contribution in [0.5, 0.6) is 5.75 Å². The lowest BCUT2D eigenvalue weighted by Crippen LogP contribution is -2.26. The predicted octanol–water partition coefficient (Wildman–Crippen LogP) is 3.44. The molecule has 2 N–H and O–H groups in total. The smallest absolute Gasteiger partial charge is 0.428 e. The van der Waals surface area contributed by atoms with Crippen molar-refractivity contribution in [1.82, 2.24) is 4.98 Å². The van der Waals surface area contributed by atoms with E-state index in [4.69, 9.17) is 15.2 Å². The Bertz CT molecular complexity index is 660. The van der Waals surface area contributed by atoms with Gasteiger partial charge in [0, 0.05) is 17.3 Å². The summed E-state index contributed by atoms with van der Waals surface area (Å²) in [6.45, 7) is 7.14. The highest BCUT2D eigenvalue weighted by molar-refractivity contribution is 5.96. The summed E-state index contributed by atoms with van der Waals surface area (Å²) in [5.74, 6) is 0.379. The molecule has 0 spiro atoms. The fourth-order valence-electron chi connectivity index (χ4n) is 1.87. The molecule has 0 amide bonds. The number of nitrogens with zero attached hydrogens (tertiary/aromatic N) is 1. The number of ether oxygens (including phenoxy) is 2. The minimum atomic E-state index is -0.752. The number of benzene rings is 1. The van der Waals surface area contributed by atoms with Gasteiger partial charge in [0.1, 0.15) is 11.1 Å². The number of aromatic nitrogens is 1. The van der Waals surface area contributed by atoms with Crippen molar-refractivity contribution in [1.29, 1.82) is 0 Å². The second-order valence-electron chi connectivity index (χ2n) is 5.58. The third-order valence-corrected chi connectivity index (χ3v) is 2.64. The molecular formula is C15H18N2O3. The van der Waals surface area contributed by atoms with Gasteiger partial charge in [-0.3, -0.25) is 4.98 Å². The molecule has 2 rings (SSSR count). The van der Waals surface area contributed by atoms with Gasteiger partial charge in [0.15, 0.2) is 5.75 Å². The van der Waals surface area contributed by atoms with Crippen molar-refractivity contribution in [2.24, 2.45) is 0 Å². The number of fused-ring (bicyclic) bond motifs is 1. The van der Waals surface area contributed by atoms with Crippen LogP contribution in [0.4, 0.5) is 10.5 Å². The molecule has 106 valence electrons. The molecule has 5 heteroatoms. The molecule has 20 heavy (non-hydrogen) atoms. The molecule has 1 heterocycles. The lowest BCUT2D eigenvalue weighted by Gasteiger charge is -2.19. The minimum Gasteiger partial charge on any atom is -0.428 e. The molecule has 1 aromatic heterocycles. The molecule has 0 aliphatic rings. The van der Waals surface area contributed by atoms with Gasteiger partial charge in [-0.1, -0.05) is 0 Å². The number of rotatable bonds is 1. The Morgan fingerprint density at radius 1 is 1.35 bits per heavy atom. The molecule has 5 nitrogen and oxygen atoms in total. The van der Waals surface area contributed by atoms with E-state index in [1.807, 2.05) is 13.0 Å². The zero-order chi connectivity index (χ0) is 14.9. The van der Waals surface area contributed by atoms with Crippen LogP contribution in [0.3, 0.4) is 0 Å². The summed E-state index contributed by atoms with van der Waals surface area (Å²) >= 11 is 0. The summed E-state index contributed by atoms with van der Waals surface area (Å²) in [4.78, 5) is 16.0. The van der Waals surface area contributed by atoms with Gasteiger partial charge in [0.05, 0.1) is 0 Å². The third-order valence-electron chi connectivity index (χ3n) is 2.64. The van der Waals surface area contributed by atoms with Crippen molar-refractivity contribution in [2.75, 3.05) is 5.73 Å². The summed E-state index contributed by atoms with van der Waals surface area (Å²) in [5, 5.41) is 0.747. The molecule has 0 saturated heterocycles. The Morgan fingerprint density at radius 3 is 2.70 bits per heavy atom. The number of carbonyl (C=O) groups is 1. The second kappa shape index (κ2) is 5.00. The van der Waals surface area contributed by atoms with E-state index < -0.39 is 11.8 Å². The highest BCUT2D eigenvalue weighted by Crippen LogP contribution is 2.32. The minimum absolute atomic E-state index is 0.379. The molecule has 0 aliphatic heterocycles. The van der Waals surface area contributed by atoms with E-state index in [1.165, 1.54) is 0 Å². The largest absolute Gasteiger partial charge is 0.514 e. The monoisotopic (exact) mass is 274 g/mol. The highest BCUT2D eigenvalue weighted by Gasteiger charge is 2.20. The molecule has 0 bridgehead atoms. The molecule has 2 aromatic rings. The fraction of sp³-hybridized carbons (Fsp3) is 0.333. The van der Waals surface area contributed by atoms with Crippen LogP contribution in [-0.2, 0) is 4.74 Å². The SMILES string of the molecule is Cc1cc(N)c2cccnc2c1OC(=O)OC(C)(C)C. The van der Waals surface area contributed by atoms with Gasteiger partial charge in [-0.15, -0.1) is 0 Å². The maximum absolute atomic E-state index is 11.8. The molecule has 0 radical (unpaired) electrons. The van der Waals surface area contributed by atoms with Crippen LogP contribution in [0.1, 0.15) is 26.3 Å². The predicted molar refractivity (Wildman–Crippen MR) is 77.8 cm³/mol. The number of aryl methyl sites for hydroxylation is 1. The van der Waals surface area contributed by atoms with Gasteiger partial charge >= 0.3 is 6.16 Å². The third kappa shape index (κ3) is 2.99. The first-order chi connectivity index (χ1) is 9.28. The Hall–Kier alpha value is -2.30. The van der Waals surface area contributed by atoms with Crippen LogP contribution in [0.2, 0.25) is 0 Å². The van der Waals surface area contributed by atoms with Gasteiger partial charge in [-0.2, -0.15) is 0 Å². The van der Waals surface area contributed by atoms with Crippen LogP contribution in [0.25, 0.3) is 10.9 Å². The zero-order valence-corrected chi connectivity index (χ0v) is 12.1. The quantitative estimate of drug-likeness (QED) is 0.490. The average molecular weight is 274 g/mol. The standard InChI is InChI=1S/C15H18N2O3/c1-9-8-11(16)10-6-5-7-17-12(10)13(9)19-14(18)20-15(2,3)4/h5-8H,16H2,1-4H3. The average Bonchev–Trinajstić information content (AvgIpc) is 2.32. The van der Waals surface area contributed by atoms with E-state index >= 15 is 0 Å². The van der Waals surface area contributed by atoms with Crippen molar-refractivity contribution in [2.45, 2.75) is 33.3 Å². The van der Waals surface area contributed by atoms with E-state index in [-0.39, 0.29) is 0 Å². The van der Waals surface area contributed by atoms with Crippen LogP contribution >= 0.6 is 0 Å². The van der Waals surface area contributed by atoms with Gasteiger partial charge in [0.25, 0.3) is 0 Å². The first kappa shape index (κ1) is 14.1. The van der Waals surface area contributed by atoms with Crippen LogP contribution in [0.15, 0.2) is 24.4 Å². The Morgan fingerprint density at radius 2 is 2.05 bits per heavy atom. The zero-order valence-electron chi connectivity index (χ0n) is 12.1. The number of hydrogen-bond donors (Lipinski definition) is 1. The van der Waals surface area contributed by atoms with Gasteiger partial charge in [-0.05, 0) is 51.5 Å². The van der Waals surface area contributed by atoms with E-state index in [0.29, 0.717) is 17.0 Å². The van der Waals surface area contributed by atoms with Gasteiger partial charge in [-0.25, -0.2) is 4.79 Å². The molecule has 0 aliphatic carbocycles. The maximum Gasteiger partial charge on any atom is 0.514 e. The van der Waals surface area contributed by atoms with E-state index in [9.17, 15) is 4.79 Å². The topological polar surface area (TPSA) is 74.4 Å². The van der Waals surface area contributed by atoms with Crippen molar-refractivity contribution in [3.63, 3.8) is 0 Å². The normalized spacial score (nSPS) is 11.4. The maximum atomic E-state index is 11.8. The molecule has 0 saturated carbocycles. The number of carbonyl (C=O) groups excluding carboxylic acids is 1. The number of nitrogens with two attached hydrogens (primary N) is 1. The van der Waals surface area contributed by atoms with Crippen LogP contribution < -0.4 is 10.5 Å². The lowest BCUT2D eigenvalue weighted by atomic mass is 10.1. The first-order valence-electron chi connectivity index (χ1n) is 6.32. The van der Waals surface area contributed by atoms with Gasteiger partial charge < -0.3 is 15.2 Å². The van der Waals surface area contributed by atoms with Crippen molar-refractivity contribution in [3.8, 4) is 5.75 Å². The summed E-state index contributed by atoms with van der Waals surface area (Å²) in [5.41, 5.74) is 7.22. The second-order valence-corrected chi connectivity index (χ2v) is 5.58. The molecule has 0 fully saturated rings. The number of pyridine rings is 1. The summed E-state index contributed by atoms with van der Waals surface area (Å²) in [6.07, 6.45) is 0.876. The molecule has 1 aromatic carbocycles. The molecule has 0 atom stereocenters. The summed E-state index contributed by atoms with van der Waals surface area (Å²) in [7, 11) is 0. The summed E-state index contributed by atoms with van der Waals surface area (Å²) in [6, 6.07) is 5.37. The molecular weight excluding hydrogens is 256 g/mol. The summed E-state index contributed by atoms with van der Waals surface area (Å²) < 4.78 is 10.5. The number of nitrogen functional groups attached to an aromatic ring is 1. The number of hydrogen-bond acceptors (Lipinski definition) is 5. The first-order valence-corrected chi connectivity index (χ1v) is 6.32. The lowest BCUT2D eigenvalue weighted by molar-refractivity contribution is 0.0207. The van der Waals surface area contributed by atoms with E-state index in [1.54, 1.807) is 39.1 Å². The van der Waals surface area contributed by atoms with Crippen LogP contribution in [-0.4, -0.2) is 16.7 Å². The van der Waals surface area contributed by atoms with E-state index in [0.717, 1.165) is 10.9 Å². The Balaban J connectivity index is 2.42. The van der Waals surface area contributed by atoms with Crippen LogP contribution in [0, 0.1) is 6.92 Å². The van der Waals surface area contributed by atoms with E-state index in [2.05, 4.69) is 4.98 Å². The Labute approximate surface area is 117 Å². The molecule has 0 unspecified atom stereocenters.